The van der Waals surface area contributed by atoms with Crippen LogP contribution < -0.4 is 10.6 Å². The minimum Gasteiger partial charge on any atom is -0.381 e. The van der Waals surface area contributed by atoms with Gasteiger partial charge in [-0.1, -0.05) is 0 Å². The van der Waals surface area contributed by atoms with E-state index < -0.39 is 0 Å². The van der Waals surface area contributed by atoms with Crippen molar-refractivity contribution in [2.75, 3.05) is 33.0 Å². The summed E-state index contributed by atoms with van der Waals surface area (Å²) < 4.78 is 10.9. The largest absolute Gasteiger partial charge is 0.381 e. The van der Waals surface area contributed by atoms with E-state index in [0.717, 1.165) is 39.2 Å². The van der Waals surface area contributed by atoms with Crippen molar-refractivity contribution in [1.29, 1.82) is 0 Å². The lowest BCUT2D eigenvalue weighted by atomic mass is 9.68. The number of carbonyl (C=O) groups excluding carboxylic acids is 1. The van der Waals surface area contributed by atoms with Crippen molar-refractivity contribution >= 4 is 5.91 Å². The lowest BCUT2D eigenvalue weighted by molar-refractivity contribution is -0.123. The van der Waals surface area contributed by atoms with Crippen molar-refractivity contribution in [2.24, 2.45) is 5.41 Å². The Labute approximate surface area is 127 Å². The summed E-state index contributed by atoms with van der Waals surface area (Å²) in [4.78, 5) is 12.1. The highest BCUT2D eigenvalue weighted by atomic mass is 16.5. The second-order valence-corrected chi connectivity index (χ2v) is 6.88. The van der Waals surface area contributed by atoms with E-state index in [9.17, 15) is 4.79 Å². The maximum atomic E-state index is 12.1. The van der Waals surface area contributed by atoms with E-state index >= 15 is 0 Å². The molecule has 2 saturated heterocycles. The van der Waals surface area contributed by atoms with Crippen LogP contribution in [0, 0.1) is 5.41 Å². The molecule has 2 aliphatic heterocycles. The highest BCUT2D eigenvalue weighted by Gasteiger charge is 2.37. The van der Waals surface area contributed by atoms with Crippen LogP contribution in [0.5, 0.6) is 0 Å². The molecule has 1 spiro atoms. The Morgan fingerprint density at radius 3 is 2.52 bits per heavy atom. The summed E-state index contributed by atoms with van der Waals surface area (Å²) in [6.07, 6.45) is 7.68. The summed E-state index contributed by atoms with van der Waals surface area (Å²) in [7, 11) is 0. The standard InChI is InChI=1S/C16H28N2O3/c19-15(11-14-12-21-10-7-17-14)18-13-1-3-16(4-2-13)5-8-20-9-6-16/h13-14,17H,1-12H2,(H,18,19). The van der Waals surface area contributed by atoms with Crippen molar-refractivity contribution in [2.45, 2.75) is 57.0 Å². The Hall–Kier alpha value is -0.650. The minimum atomic E-state index is 0.172. The average molecular weight is 296 g/mol. The molecule has 21 heavy (non-hydrogen) atoms. The maximum absolute atomic E-state index is 12.1. The van der Waals surface area contributed by atoms with Gasteiger partial charge in [0.15, 0.2) is 0 Å². The quantitative estimate of drug-likeness (QED) is 0.822. The van der Waals surface area contributed by atoms with Gasteiger partial charge in [-0.25, -0.2) is 0 Å². The monoisotopic (exact) mass is 296 g/mol. The lowest BCUT2D eigenvalue weighted by Crippen LogP contribution is -2.47. The number of ether oxygens (including phenoxy) is 2. The predicted molar refractivity (Wildman–Crippen MR) is 80.1 cm³/mol. The van der Waals surface area contributed by atoms with Gasteiger partial charge in [0.05, 0.1) is 13.2 Å². The second-order valence-electron chi connectivity index (χ2n) is 6.88. The molecule has 0 aromatic rings. The van der Waals surface area contributed by atoms with Crippen LogP contribution in [-0.4, -0.2) is 51.0 Å². The number of hydrogen-bond acceptors (Lipinski definition) is 4. The van der Waals surface area contributed by atoms with Gasteiger partial charge in [-0.3, -0.25) is 4.79 Å². The van der Waals surface area contributed by atoms with Crippen LogP contribution in [0.15, 0.2) is 0 Å². The molecule has 5 heteroatoms. The van der Waals surface area contributed by atoms with Gasteiger partial charge >= 0.3 is 0 Å². The van der Waals surface area contributed by atoms with Gasteiger partial charge in [-0.2, -0.15) is 0 Å². The van der Waals surface area contributed by atoms with Gasteiger partial charge in [-0.05, 0) is 43.9 Å². The Bertz CT molecular complexity index is 339. The number of rotatable bonds is 3. The first-order chi connectivity index (χ1) is 10.3. The van der Waals surface area contributed by atoms with Crippen molar-refractivity contribution in [1.82, 2.24) is 10.6 Å². The Morgan fingerprint density at radius 1 is 1.10 bits per heavy atom. The van der Waals surface area contributed by atoms with Crippen LogP contribution in [0.1, 0.15) is 44.9 Å². The molecular weight excluding hydrogens is 268 g/mol. The molecule has 5 nitrogen and oxygen atoms in total. The molecule has 1 amide bonds. The Balaban J connectivity index is 1.39. The van der Waals surface area contributed by atoms with E-state index in [1.165, 1.54) is 25.7 Å². The number of nitrogens with one attached hydrogen (secondary N) is 2. The summed E-state index contributed by atoms with van der Waals surface area (Å²) in [5, 5.41) is 6.56. The third-order valence-corrected chi connectivity index (χ3v) is 5.40. The highest BCUT2D eigenvalue weighted by Crippen LogP contribution is 2.44. The fraction of sp³-hybridized carbons (Fsp3) is 0.938. The lowest BCUT2D eigenvalue weighted by Gasteiger charge is -2.43. The molecule has 1 saturated carbocycles. The topological polar surface area (TPSA) is 59.6 Å². The molecular formula is C16H28N2O3. The summed E-state index contributed by atoms with van der Waals surface area (Å²) in [6.45, 7) is 4.11. The van der Waals surface area contributed by atoms with Crippen molar-refractivity contribution in [3.8, 4) is 0 Å². The van der Waals surface area contributed by atoms with Gasteiger partial charge in [0, 0.05) is 38.3 Å². The number of hydrogen-bond donors (Lipinski definition) is 2. The SMILES string of the molecule is O=C(CC1COCCN1)NC1CCC2(CCOCC2)CC1. The molecule has 0 aromatic heterocycles. The number of morpholine rings is 1. The molecule has 2 heterocycles. The molecule has 2 N–H and O–H groups in total. The minimum absolute atomic E-state index is 0.172. The van der Waals surface area contributed by atoms with Crippen LogP contribution in [0.4, 0.5) is 0 Å². The van der Waals surface area contributed by atoms with E-state index in [-0.39, 0.29) is 11.9 Å². The van der Waals surface area contributed by atoms with E-state index in [1.807, 2.05) is 0 Å². The van der Waals surface area contributed by atoms with Crippen LogP contribution >= 0.6 is 0 Å². The second kappa shape index (κ2) is 7.07. The van der Waals surface area contributed by atoms with Crippen LogP contribution in [-0.2, 0) is 14.3 Å². The third-order valence-electron chi connectivity index (χ3n) is 5.40. The predicted octanol–water partition coefficient (Wildman–Crippen LogP) is 1.22. The van der Waals surface area contributed by atoms with Crippen molar-refractivity contribution in [3.05, 3.63) is 0 Å². The van der Waals surface area contributed by atoms with Gasteiger partial charge in [0.2, 0.25) is 5.91 Å². The molecule has 0 aromatic carbocycles. The molecule has 120 valence electrons. The van der Waals surface area contributed by atoms with Crippen molar-refractivity contribution in [3.63, 3.8) is 0 Å². The highest BCUT2D eigenvalue weighted by molar-refractivity contribution is 5.76. The number of amides is 1. The van der Waals surface area contributed by atoms with Gasteiger partial charge < -0.3 is 20.1 Å². The maximum Gasteiger partial charge on any atom is 0.221 e. The van der Waals surface area contributed by atoms with E-state index in [4.69, 9.17) is 9.47 Å². The fourth-order valence-corrected chi connectivity index (χ4v) is 3.94. The smallest absolute Gasteiger partial charge is 0.221 e. The molecule has 3 aliphatic rings. The zero-order valence-corrected chi connectivity index (χ0v) is 12.9. The van der Waals surface area contributed by atoms with Crippen LogP contribution in [0.2, 0.25) is 0 Å². The zero-order valence-electron chi connectivity index (χ0n) is 12.9. The Morgan fingerprint density at radius 2 is 1.86 bits per heavy atom. The first-order valence-electron chi connectivity index (χ1n) is 8.44. The fourth-order valence-electron chi connectivity index (χ4n) is 3.94. The Kier molecular flexibility index (Phi) is 5.14. The summed E-state index contributed by atoms with van der Waals surface area (Å²) in [5.74, 6) is 0.172. The molecule has 1 aliphatic carbocycles. The van der Waals surface area contributed by atoms with Gasteiger partial charge in [-0.15, -0.1) is 0 Å². The van der Waals surface area contributed by atoms with Crippen LogP contribution in [0.3, 0.4) is 0 Å². The molecule has 3 rings (SSSR count). The molecule has 3 fully saturated rings. The normalized spacial score (nSPS) is 30.2. The van der Waals surface area contributed by atoms with Crippen LogP contribution in [0.25, 0.3) is 0 Å². The summed E-state index contributed by atoms with van der Waals surface area (Å²) in [5.41, 5.74) is 0.512. The molecule has 1 atom stereocenters. The third kappa shape index (κ3) is 4.18. The average Bonchev–Trinajstić information content (AvgIpc) is 2.52. The molecule has 0 bridgehead atoms. The van der Waals surface area contributed by atoms with E-state index in [1.54, 1.807) is 0 Å². The number of carbonyl (C=O) groups is 1. The molecule has 0 radical (unpaired) electrons. The summed E-state index contributed by atoms with van der Waals surface area (Å²) in [6, 6.07) is 0.555. The molecule has 1 unspecified atom stereocenters. The van der Waals surface area contributed by atoms with Gasteiger partial charge in [0.25, 0.3) is 0 Å². The summed E-state index contributed by atoms with van der Waals surface area (Å²) >= 11 is 0. The van der Waals surface area contributed by atoms with E-state index in [0.29, 0.717) is 24.5 Å². The van der Waals surface area contributed by atoms with Crippen molar-refractivity contribution < 1.29 is 14.3 Å². The first-order valence-corrected chi connectivity index (χ1v) is 8.44. The zero-order chi connectivity index (χ0) is 14.5. The van der Waals surface area contributed by atoms with Gasteiger partial charge in [0.1, 0.15) is 0 Å². The van der Waals surface area contributed by atoms with E-state index in [2.05, 4.69) is 10.6 Å². The first kappa shape index (κ1) is 15.3.